The van der Waals surface area contributed by atoms with Gasteiger partial charge in [-0.05, 0) is 30.7 Å². The third-order valence-corrected chi connectivity index (χ3v) is 3.45. The van der Waals surface area contributed by atoms with Gasteiger partial charge in [-0.15, -0.1) is 0 Å². The van der Waals surface area contributed by atoms with Crippen LogP contribution in [-0.4, -0.2) is 11.7 Å². The number of carbonyl (C=O) groups excluding carboxylic acids is 2. The summed E-state index contributed by atoms with van der Waals surface area (Å²) < 4.78 is 0. The van der Waals surface area contributed by atoms with Gasteiger partial charge in [0, 0.05) is 11.6 Å². The van der Waals surface area contributed by atoms with Gasteiger partial charge >= 0.3 is 0 Å². The van der Waals surface area contributed by atoms with E-state index in [0.29, 0.717) is 5.69 Å². The number of aryl methyl sites for hydroxylation is 1. The molecule has 3 nitrogen and oxygen atoms in total. The number of hydrogen-bond donors (Lipinski definition) is 1. The summed E-state index contributed by atoms with van der Waals surface area (Å²) in [5.74, 6) is -0.789. The summed E-state index contributed by atoms with van der Waals surface area (Å²) in [7, 11) is 0. The number of amides is 1. The molecule has 1 amide bonds. The third-order valence-electron chi connectivity index (χ3n) is 3.45. The summed E-state index contributed by atoms with van der Waals surface area (Å²) in [5.41, 5.74) is 2.81. The molecule has 3 heteroatoms. The SMILES string of the molecule is Cc1ccc(/C=C(\C(=O)Nc2ccccc2)C(=O)C(C)C)cc1. The molecular formula is C20H21NO2. The number of benzene rings is 2. The van der Waals surface area contributed by atoms with Gasteiger partial charge in [0.25, 0.3) is 5.91 Å². The van der Waals surface area contributed by atoms with Crippen molar-refractivity contribution in [3.63, 3.8) is 0 Å². The molecule has 0 atom stereocenters. The molecular weight excluding hydrogens is 286 g/mol. The van der Waals surface area contributed by atoms with Crippen LogP contribution in [0.15, 0.2) is 60.2 Å². The summed E-state index contributed by atoms with van der Waals surface area (Å²) in [4.78, 5) is 24.9. The van der Waals surface area contributed by atoms with Gasteiger partial charge in [-0.25, -0.2) is 0 Å². The number of ketones is 1. The quantitative estimate of drug-likeness (QED) is 0.510. The second-order valence-corrected chi connectivity index (χ2v) is 5.81. The minimum atomic E-state index is -0.379. The van der Waals surface area contributed by atoms with Crippen LogP contribution in [0.2, 0.25) is 0 Å². The number of anilines is 1. The van der Waals surface area contributed by atoms with Crippen LogP contribution in [0.1, 0.15) is 25.0 Å². The summed E-state index contributed by atoms with van der Waals surface area (Å²) >= 11 is 0. The van der Waals surface area contributed by atoms with Crippen LogP contribution >= 0.6 is 0 Å². The van der Waals surface area contributed by atoms with E-state index in [1.54, 1.807) is 32.1 Å². The molecule has 2 aromatic carbocycles. The fourth-order valence-electron chi connectivity index (χ4n) is 2.11. The molecule has 1 N–H and O–H groups in total. The first kappa shape index (κ1) is 16.7. The predicted octanol–water partition coefficient (Wildman–Crippen LogP) is 4.24. The number of nitrogens with one attached hydrogen (secondary N) is 1. The van der Waals surface area contributed by atoms with Gasteiger partial charge in [0.2, 0.25) is 0 Å². The van der Waals surface area contributed by atoms with Gasteiger partial charge in [0.05, 0.1) is 5.57 Å². The fraction of sp³-hybridized carbons (Fsp3) is 0.200. The zero-order valence-corrected chi connectivity index (χ0v) is 13.7. The van der Waals surface area contributed by atoms with E-state index in [2.05, 4.69) is 5.32 Å². The Kier molecular flexibility index (Phi) is 5.47. The molecule has 0 heterocycles. The number of carbonyl (C=O) groups is 2. The lowest BCUT2D eigenvalue weighted by Gasteiger charge is -2.11. The Balaban J connectivity index is 2.32. The van der Waals surface area contributed by atoms with Crippen molar-refractivity contribution in [2.75, 3.05) is 5.32 Å². The molecule has 23 heavy (non-hydrogen) atoms. The molecule has 0 unspecified atom stereocenters. The second kappa shape index (κ2) is 7.54. The Morgan fingerprint density at radius 3 is 2.13 bits per heavy atom. The highest BCUT2D eigenvalue weighted by Gasteiger charge is 2.21. The van der Waals surface area contributed by atoms with E-state index >= 15 is 0 Å². The Bertz CT molecular complexity index is 713. The highest BCUT2D eigenvalue weighted by atomic mass is 16.2. The average Bonchev–Trinajstić information content (AvgIpc) is 2.54. The van der Waals surface area contributed by atoms with Gasteiger partial charge in [-0.2, -0.15) is 0 Å². The van der Waals surface area contributed by atoms with E-state index in [1.807, 2.05) is 49.4 Å². The molecule has 0 aliphatic carbocycles. The minimum Gasteiger partial charge on any atom is -0.322 e. The lowest BCUT2D eigenvalue weighted by molar-refractivity contribution is -0.121. The first-order chi connectivity index (χ1) is 11.0. The van der Waals surface area contributed by atoms with E-state index in [-0.39, 0.29) is 23.2 Å². The van der Waals surface area contributed by atoms with Crippen LogP contribution in [0.4, 0.5) is 5.69 Å². The lowest BCUT2D eigenvalue weighted by atomic mass is 9.98. The van der Waals surface area contributed by atoms with E-state index in [4.69, 9.17) is 0 Å². The molecule has 0 saturated heterocycles. The molecule has 0 radical (unpaired) electrons. The van der Waals surface area contributed by atoms with Crippen molar-refractivity contribution in [1.29, 1.82) is 0 Å². The summed E-state index contributed by atoms with van der Waals surface area (Å²) in [5, 5.41) is 2.78. The Morgan fingerprint density at radius 1 is 0.957 bits per heavy atom. The predicted molar refractivity (Wildman–Crippen MR) is 94.1 cm³/mol. The van der Waals surface area contributed by atoms with E-state index in [0.717, 1.165) is 11.1 Å². The topological polar surface area (TPSA) is 46.2 Å². The normalized spacial score (nSPS) is 11.4. The standard InChI is InChI=1S/C20H21NO2/c1-14(2)19(22)18(13-16-11-9-15(3)10-12-16)20(23)21-17-7-5-4-6-8-17/h4-14H,1-3H3,(H,21,23)/b18-13-. The van der Waals surface area contributed by atoms with Crippen LogP contribution in [-0.2, 0) is 9.59 Å². The van der Waals surface area contributed by atoms with Crippen molar-refractivity contribution in [3.05, 3.63) is 71.3 Å². The Morgan fingerprint density at radius 2 is 1.57 bits per heavy atom. The number of hydrogen-bond acceptors (Lipinski definition) is 2. The maximum atomic E-state index is 12.5. The van der Waals surface area contributed by atoms with E-state index in [1.165, 1.54) is 0 Å². The largest absolute Gasteiger partial charge is 0.322 e. The molecule has 2 rings (SSSR count). The van der Waals surface area contributed by atoms with Crippen molar-refractivity contribution in [2.24, 2.45) is 5.92 Å². The van der Waals surface area contributed by atoms with Gasteiger partial charge in [-0.1, -0.05) is 61.9 Å². The zero-order valence-electron chi connectivity index (χ0n) is 13.7. The molecule has 0 saturated carbocycles. The van der Waals surface area contributed by atoms with Crippen LogP contribution in [0.3, 0.4) is 0 Å². The smallest absolute Gasteiger partial charge is 0.259 e. The maximum absolute atomic E-state index is 12.5. The third kappa shape index (κ3) is 4.65. The van der Waals surface area contributed by atoms with Crippen LogP contribution in [0.5, 0.6) is 0 Å². The second-order valence-electron chi connectivity index (χ2n) is 5.81. The van der Waals surface area contributed by atoms with Crippen LogP contribution < -0.4 is 5.32 Å². The molecule has 0 spiro atoms. The molecule has 118 valence electrons. The molecule has 0 aromatic heterocycles. The summed E-state index contributed by atoms with van der Waals surface area (Å²) in [6.07, 6.45) is 1.65. The van der Waals surface area contributed by atoms with Crippen molar-refractivity contribution in [3.8, 4) is 0 Å². The van der Waals surface area contributed by atoms with Gasteiger partial charge in [-0.3, -0.25) is 9.59 Å². The zero-order chi connectivity index (χ0) is 16.8. The maximum Gasteiger partial charge on any atom is 0.259 e. The van der Waals surface area contributed by atoms with E-state index in [9.17, 15) is 9.59 Å². The van der Waals surface area contributed by atoms with Crippen molar-refractivity contribution in [2.45, 2.75) is 20.8 Å². The van der Waals surface area contributed by atoms with Gasteiger partial charge in [0.15, 0.2) is 5.78 Å². The van der Waals surface area contributed by atoms with Gasteiger partial charge < -0.3 is 5.32 Å². The van der Waals surface area contributed by atoms with Crippen LogP contribution in [0, 0.1) is 12.8 Å². The summed E-state index contributed by atoms with van der Waals surface area (Å²) in [6, 6.07) is 16.8. The highest BCUT2D eigenvalue weighted by molar-refractivity contribution is 6.26. The van der Waals surface area contributed by atoms with Crippen molar-refractivity contribution < 1.29 is 9.59 Å². The molecule has 0 fully saturated rings. The molecule has 0 aliphatic rings. The molecule has 2 aromatic rings. The Hall–Kier alpha value is -2.68. The first-order valence-corrected chi connectivity index (χ1v) is 7.66. The molecule has 0 bridgehead atoms. The van der Waals surface area contributed by atoms with Crippen LogP contribution in [0.25, 0.3) is 6.08 Å². The number of para-hydroxylation sites is 1. The van der Waals surface area contributed by atoms with Crippen molar-refractivity contribution in [1.82, 2.24) is 0 Å². The van der Waals surface area contributed by atoms with Gasteiger partial charge in [0.1, 0.15) is 0 Å². The highest BCUT2D eigenvalue weighted by Crippen LogP contribution is 2.16. The van der Waals surface area contributed by atoms with Crippen molar-refractivity contribution >= 4 is 23.5 Å². The number of rotatable bonds is 5. The summed E-state index contributed by atoms with van der Waals surface area (Å²) in [6.45, 7) is 5.58. The average molecular weight is 307 g/mol. The number of Topliss-reactive ketones (excluding diaryl/α,β-unsaturated/α-hetero) is 1. The first-order valence-electron chi connectivity index (χ1n) is 7.66. The monoisotopic (exact) mass is 307 g/mol. The molecule has 0 aliphatic heterocycles. The Labute approximate surface area is 137 Å². The minimum absolute atomic E-state index is 0.168. The fourth-order valence-corrected chi connectivity index (χ4v) is 2.11. The lowest BCUT2D eigenvalue weighted by Crippen LogP contribution is -2.23. The van der Waals surface area contributed by atoms with E-state index < -0.39 is 0 Å².